The molecule has 1 aliphatic carbocycles. The van der Waals surface area contributed by atoms with Crippen molar-refractivity contribution in [2.75, 3.05) is 13.1 Å². The maximum atomic E-state index is 12.8. The van der Waals surface area contributed by atoms with Gasteiger partial charge in [0.25, 0.3) is 0 Å². The molecule has 1 aliphatic heterocycles. The summed E-state index contributed by atoms with van der Waals surface area (Å²) in [6.45, 7) is 1.11. The van der Waals surface area contributed by atoms with E-state index in [-0.39, 0.29) is 12.8 Å². The van der Waals surface area contributed by atoms with E-state index in [2.05, 4.69) is 33.0 Å². The molecule has 1 saturated heterocycles. The Bertz CT molecular complexity index is 507. The van der Waals surface area contributed by atoms with Crippen LogP contribution in [0.5, 0.6) is 0 Å². The van der Waals surface area contributed by atoms with E-state index in [0.717, 1.165) is 23.7 Å². The number of alkyl halides is 3. The van der Waals surface area contributed by atoms with Gasteiger partial charge in [-0.3, -0.25) is 4.90 Å². The molecule has 0 saturated carbocycles. The lowest BCUT2D eigenvalue weighted by atomic mass is 9.85. The zero-order chi connectivity index (χ0) is 15.0. The van der Waals surface area contributed by atoms with E-state index in [4.69, 9.17) is 0 Å². The molecule has 21 heavy (non-hydrogen) atoms. The van der Waals surface area contributed by atoms with E-state index in [0.29, 0.717) is 19.1 Å². The molecule has 0 spiro atoms. The Morgan fingerprint density at radius 3 is 2.48 bits per heavy atom. The summed E-state index contributed by atoms with van der Waals surface area (Å²) in [5.41, 5.74) is 2.65. The molecule has 0 radical (unpaired) electrons. The highest BCUT2D eigenvalue weighted by Gasteiger charge is 2.42. The molecule has 1 unspecified atom stereocenters. The number of hydrogen-bond donors (Lipinski definition) is 0. The molecule has 1 aromatic carbocycles. The quantitative estimate of drug-likeness (QED) is 0.672. The van der Waals surface area contributed by atoms with Crippen LogP contribution in [0.15, 0.2) is 22.7 Å². The van der Waals surface area contributed by atoms with E-state index < -0.39 is 12.1 Å². The minimum absolute atomic E-state index is 0.239. The Kier molecular flexibility index (Phi) is 4.33. The molecule has 0 aromatic heterocycles. The second-order valence-corrected chi connectivity index (χ2v) is 6.92. The molecule has 1 aromatic rings. The summed E-state index contributed by atoms with van der Waals surface area (Å²) in [5.74, 6) is -1.11. The van der Waals surface area contributed by atoms with E-state index in [1.165, 1.54) is 11.1 Å². The van der Waals surface area contributed by atoms with Crippen LogP contribution in [0.1, 0.15) is 42.9 Å². The first-order valence-corrected chi connectivity index (χ1v) is 8.34. The van der Waals surface area contributed by atoms with E-state index in [9.17, 15) is 13.2 Å². The largest absolute Gasteiger partial charge is 0.391 e. The number of likely N-dealkylation sites (tertiary alicyclic amines) is 1. The van der Waals surface area contributed by atoms with E-state index in [1.54, 1.807) is 0 Å². The fraction of sp³-hybridized carbons (Fsp3) is 0.625. The Hall–Kier alpha value is -0.550. The third-order valence-corrected chi connectivity index (χ3v) is 5.59. The van der Waals surface area contributed by atoms with Gasteiger partial charge in [-0.1, -0.05) is 28.1 Å². The molecule has 5 heteroatoms. The molecular weight excluding hydrogens is 343 g/mol. The minimum Gasteiger partial charge on any atom is -0.296 e. The van der Waals surface area contributed by atoms with Gasteiger partial charge in [0.1, 0.15) is 0 Å². The van der Waals surface area contributed by atoms with Crippen LogP contribution in [0.4, 0.5) is 13.2 Å². The van der Waals surface area contributed by atoms with Crippen LogP contribution in [0.25, 0.3) is 0 Å². The standard InChI is InChI=1S/C16H19BrF3N/c17-14-5-1-4-13-12(14)3-2-6-15(13)21-9-7-11(8-10-21)16(18,19)20/h1,4-5,11,15H,2-3,6-10H2. The third-order valence-electron chi connectivity index (χ3n) is 4.85. The number of nitrogens with zero attached hydrogens (tertiary/aromatic N) is 1. The van der Waals surface area contributed by atoms with Crippen molar-refractivity contribution in [1.29, 1.82) is 0 Å². The van der Waals surface area contributed by atoms with Gasteiger partial charge in [-0.05, 0) is 62.4 Å². The summed E-state index contributed by atoms with van der Waals surface area (Å²) in [5, 5.41) is 0. The molecule has 0 N–H and O–H groups in total. The van der Waals surface area contributed by atoms with Gasteiger partial charge in [-0.15, -0.1) is 0 Å². The summed E-state index contributed by atoms with van der Waals surface area (Å²) in [4.78, 5) is 2.26. The van der Waals surface area contributed by atoms with Crippen molar-refractivity contribution in [2.24, 2.45) is 5.92 Å². The van der Waals surface area contributed by atoms with Crippen LogP contribution in [-0.2, 0) is 6.42 Å². The number of fused-ring (bicyclic) bond motifs is 1. The highest BCUT2D eigenvalue weighted by Crippen LogP contribution is 2.41. The van der Waals surface area contributed by atoms with Gasteiger partial charge < -0.3 is 0 Å². The van der Waals surface area contributed by atoms with Crippen LogP contribution in [-0.4, -0.2) is 24.2 Å². The van der Waals surface area contributed by atoms with Crippen LogP contribution in [0.2, 0.25) is 0 Å². The van der Waals surface area contributed by atoms with Gasteiger partial charge in [-0.2, -0.15) is 13.2 Å². The molecule has 1 nitrogen and oxygen atoms in total. The van der Waals surface area contributed by atoms with Crippen molar-refractivity contribution in [2.45, 2.75) is 44.3 Å². The molecule has 1 heterocycles. The van der Waals surface area contributed by atoms with Gasteiger partial charge in [0.15, 0.2) is 0 Å². The molecule has 116 valence electrons. The first kappa shape index (κ1) is 15.3. The number of piperidine rings is 1. The SMILES string of the molecule is FC(F)(F)C1CCN(C2CCCc3c(Br)cccc32)CC1. The highest BCUT2D eigenvalue weighted by atomic mass is 79.9. The molecule has 2 aliphatic rings. The van der Waals surface area contributed by atoms with Gasteiger partial charge in [0.05, 0.1) is 5.92 Å². The van der Waals surface area contributed by atoms with E-state index in [1.807, 2.05) is 6.07 Å². The summed E-state index contributed by atoms with van der Waals surface area (Å²) in [6, 6.07) is 6.51. The number of rotatable bonds is 1. The topological polar surface area (TPSA) is 3.24 Å². The van der Waals surface area contributed by atoms with Crippen LogP contribution >= 0.6 is 15.9 Å². The zero-order valence-electron chi connectivity index (χ0n) is 11.8. The molecule has 1 atom stereocenters. The maximum absolute atomic E-state index is 12.8. The lowest BCUT2D eigenvalue weighted by Gasteiger charge is -2.40. The van der Waals surface area contributed by atoms with Crippen molar-refractivity contribution < 1.29 is 13.2 Å². The molecular formula is C16H19BrF3N. The zero-order valence-corrected chi connectivity index (χ0v) is 13.4. The van der Waals surface area contributed by atoms with Gasteiger partial charge in [0.2, 0.25) is 0 Å². The Morgan fingerprint density at radius 2 is 1.81 bits per heavy atom. The van der Waals surface area contributed by atoms with Crippen molar-refractivity contribution >= 4 is 15.9 Å². The first-order valence-electron chi connectivity index (χ1n) is 7.55. The van der Waals surface area contributed by atoms with Crippen LogP contribution < -0.4 is 0 Å². The first-order chi connectivity index (χ1) is 9.97. The molecule has 1 fully saturated rings. The monoisotopic (exact) mass is 361 g/mol. The number of halogens is 4. The summed E-state index contributed by atoms with van der Waals surface area (Å²) in [7, 11) is 0. The lowest BCUT2D eigenvalue weighted by Crippen LogP contribution is -2.41. The predicted molar refractivity (Wildman–Crippen MR) is 80.2 cm³/mol. The van der Waals surface area contributed by atoms with Crippen LogP contribution in [0.3, 0.4) is 0 Å². The van der Waals surface area contributed by atoms with Crippen LogP contribution in [0, 0.1) is 5.92 Å². The average molecular weight is 362 g/mol. The Morgan fingerprint density at radius 1 is 1.10 bits per heavy atom. The normalized spacial score (nSPS) is 24.9. The fourth-order valence-electron chi connectivity index (χ4n) is 3.70. The fourth-order valence-corrected chi connectivity index (χ4v) is 4.28. The predicted octanol–water partition coefficient (Wildman–Crippen LogP) is 5.10. The molecule has 0 amide bonds. The Balaban J connectivity index is 1.74. The molecule has 0 bridgehead atoms. The molecule has 3 rings (SSSR count). The van der Waals surface area contributed by atoms with E-state index >= 15 is 0 Å². The highest BCUT2D eigenvalue weighted by molar-refractivity contribution is 9.10. The third kappa shape index (κ3) is 3.14. The summed E-state index contributed by atoms with van der Waals surface area (Å²) >= 11 is 3.60. The number of benzene rings is 1. The van der Waals surface area contributed by atoms with Crippen molar-refractivity contribution in [3.05, 3.63) is 33.8 Å². The lowest BCUT2D eigenvalue weighted by molar-refractivity contribution is -0.186. The van der Waals surface area contributed by atoms with Crippen molar-refractivity contribution in [3.63, 3.8) is 0 Å². The van der Waals surface area contributed by atoms with Gasteiger partial charge in [-0.25, -0.2) is 0 Å². The minimum atomic E-state index is -4.03. The average Bonchev–Trinajstić information content (AvgIpc) is 2.46. The van der Waals surface area contributed by atoms with Gasteiger partial charge in [0, 0.05) is 10.5 Å². The summed E-state index contributed by atoms with van der Waals surface area (Å²) in [6.07, 6.45) is -0.321. The van der Waals surface area contributed by atoms with Crippen molar-refractivity contribution in [1.82, 2.24) is 4.90 Å². The smallest absolute Gasteiger partial charge is 0.296 e. The maximum Gasteiger partial charge on any atom is 0.391 e. The van der Waals surface area contributed by atoms with Crippen molar-refractivity contribution in [3.8, 4) is 0 Å². The summed E-state index contributed by atoms with van der Waals surface area (Å²) < 4.78 is 39.5. The second kappa shape index (κ2) is 5.92. The Labute approximate surface area is 131 Å². The second-order valence-electron chi connectivity index (χ2n) is 6.07. The van der Waals surface area contributed by atoms with Gasteiger partial charge >= 0.3 is 6.18 Å². The number of hydrogen-bond acceptors (Lipinski definition) is 1.